The average Bonchev–Trinajstić information content (AvgIpc) is 3.03. The monoisotopic (exact) mass is 382 g/mol. The standard InChI is InChI=1S/C22H30N4O2/c1-15(8-6-9-16(2)14-19-21(28)25-26-24-19)11-12-18-17(20(27)23-5)10-7-13-22(18,3)4/h6,8-9,11-12,14H,7,10,13H2,1-5H3,(H,23,27)(H2,24,25,26,28)/b9-6+,12-11+,15-8+,16-14+. The molecule has 1 aromatic rings. The summed E-state index contributed by atoms with van der Waals surface area (Å²) in [6.45, 7) is 8.34. The number of rotatable bonds is 6. The first-order chi connectivity index (χ1) is 13.2. The Morgan fingerprint density at radius 3 is 2.64 bits per heavy atom. The van der Waals surface area contributed by atoms with Gasteiger partial charge in [-0.1, -0.05) is 55.0 Å². The van der Waals surface area contributed by atoms with Crippen molar-refractivity contribution in [3.05, 3.63) is 58.4 Å². The summed E-state index contributed by atoms with van der Waals surface area (Å²) in [6.07, 6.45) is 14.7. The second-order valence-electron chi connectivity index (χ2n) is 7.75. The predicted octanol–water partition coefficient (Wildman–Crippen LogP) is 4.23. The highest BCUT2D eigenvalue weighted by Crippen LogP contribution is 2.41. The number of allylic oxidation sites excluding steroid dienone is 8. The third kappa shape index (κ3) is 5.55. The molecule has 6 nitrogen and oxygen atoms in total. The van der Waals surface area contributed by atoms with Crippen molar-refractivity contribution in [2.75, 3.05) is 7.05 Å². The number of carbonyl (C=O) groups excluding carboxylic acids is 1. The van der Waals surface area contributed by atoms with Crippen LogP contribution < -0.4 is 5.32 Å². The second-order valence-corrected chi connectivity index (χ2v) is 7.75. The first kappa shape index (κ1) is 21.4. The van der Waals surface area contributed by atoms with Gasteiger partial charge in [0.15, 0.2) is 0 Å². The van der Waals surface area contributed by atoms with Crippen molar-refractivity contribution in [2.24, 2.45) is 5.41 Å². The highest BCUT2D eigenvalue weighted by atomic mass is 16.3. The van der Waals surface area contributed by atoms with Crippen LogP contribution in [0.2, 0.25) is 0 Å². The highest BCUT2D eigenvalue weighted by Gasteiger charge is 2.30. The smallest absolute Gasteiger partial charge is 0.247 e. The molecule has 1 aliphatic rings. The topological polar surface area (TPSA) is 90.9 Å². The van der Waals surface area contributed by atoms with Gasteiger partial charge in [0.25, 0.3) is 0 Å². The molecule has 1 aliphatic carbocycles. The van der Waals surface area contributed by atoms with Gasteiger partial charge in [-0.15, -0.1) is 5.10 Å². The maximum absolute atomic E-state index is 12.2. The molecule has 150 valence electrons. The normalized spacial score (nSPS) is 18.3. The van der Waals surface area contributed by atoms with Crippen LogP contribution in [0, 0.1) is 5.41 Å². The summed E-state index contributed by atoms with van der Waals surface area (Å²) in [6, 6.07) is 0. The molecule has 2 rings (SSSR count). The van der Waals surface area contributed by atoms with E-state index in [1.54, 1.807) is 13.1 Å². The molecule has 0 atom stereocenters. The maximum Gasteiger partial charge on any atom is 0.247 e. The van der Waals surface area contributed by atoms with Gasteiger partial charge in [0, 0.05) is 12.6 Å². The summed E-state index contributed by atoms with van der Waals surface area (Å²) in [5, 5.41) is 22.0. The van der Waals surface area contributed by atoms with Crippen LogP contribution in [0.4, 0.5) is 0 Å². The number of hydrogen-bond donors (Lipinski definition) is 3. The van der Waals surface area contributed by atoms with Crippen molar-refractivity contribution in [3.8, 4) is 5.88 Å². The Bertz CT molecular complexity index is 867. The Balaban J connectivity index is 2.15. The molecule has 1 heterocycles. The lowest BCUT2D eigenvalue weighted by atomic mass is 9.72. The van der Waals surface area contributed by atoms with Gasteiger partial charge in [-0.2, -0.15) is 0 Å². The summed E-state index contributed by atoms with van der Waals surface area (Å²) < 4.78 is 0. The first-order valence-electron chi connectivity index (χ1n) is 9.51. The minimum absolute atomic E-state index is 0.00830. The molecule has 3 N–H and O–H groups in total. The molecular formula is C22H30N4O2. The first-order valence-corrected chi connectivity index (χ1v) is 9.51. The minimum atomic E-state index is -0.0438. The van der Waals surface area contributed by atoms with Gasteiger partial charge in [-0.3, -0.25) is 4.79 Å². The zero-order chi connectivity index (χ0) is 20.7. The van der Waals surface area contributed by atoms with Crippen molar-refractivity contribution < 1.29 is 9.90 Å². The number of nitrogens with one attached hydrogen (secondary N) is 2. The minimum Gasteiger partial charge on any atom is -0.492 e. The third-order valence-electron chi connectivity index (χ3n) is 4.94. The molecule has 0 saturated carbocycles. The number of carbonyl (C=O) groups is 1. The Kier molecular flexibility index (Phi) is 7.15. The number of hydrogen-bond acceptors (Lipinski definition) is 4. The van der Waals surface area contributed by atoms with Crippen LogP contribution in [0.5, 0.6) is 5.88 Å². The van der Waals surface area contributed by atoms with E-state index in [0.717, 1.165) is 41.6 Å². The van der Waals surface area contributed by atoms with Gasteiger partial charge in [0.2, 0.25) is 11.8 Å². The van der Waals surface area contributed by atoms with Crippen LogP contribution in [-0.2, 0) is 4.79 Å². The van der Waals surface area contributed by atoms with E-state index in [-0.39, 0.29) is 17.2 Å². The Labute approximate surface area is 166 Å². The van der Waals surface area contributed by atoms with E-state index in [1.807, 2.05) is 32.1 Å². The zero-order valence-corrected chi connectivity index (χ0v) is 17.3. The predicted molar refractivity (Wildman–Crippen MR) is 112 cm³/mol. The molecule has 0 aliphatic heterocycles. The summed E-state index contributed by atoms with van der Waals surface area (Å²) in [7, 11) is 1.68. The summed E-state index contributed by atoms with van der Waals surface area (Å²) in [5.41, 5.74) is 4.44. The van der Waals surface area contributed by atoms with Gasteiger partial charge in [0.05, 0.1) is 0 Å². The van der Waals surface area contributed by atoms with E-state index in [2.05, 4.69) is 46.7 Å². The number of aromatic hydroxyl groups is 1. The van der Waals surface area contributed by atoms with Gasteiger partial charge in [-0.05, 0) is 55.7 Å². The Hall–Kier alpha value is -2.89. The van der Waals surface area contributed by atoms with Crippen molar-refractivity contribution >= 4 is 12.0 Å². The van der Waals surface area contributed by atoms with Crippen LogP contribution in [0.3, 0.4) is 0 Å². The Morgan fingerprint density at radius 1 is 1.25 bits per heavy atom. The number of likely N-dealkylation sites (N-methyl/N-ethyl adjacent to an activating group) is 1. The van der Waals surface area contributed by atoms with Crippen LogP contribution in [0.1, 0.15) is 52.7 Å². The second kappa shape index (κ2) is 9.35. The fourth-order valence-corrected chi connectivity index (χ4v) is 3.31. The SMILES string of the molecule is CNC(=O)C1=C(/C=C/C(C)=C/C=C/C(C)=C/c2nn[nH]c2O)C(C)(C)CCC1. The molecule has 0 radical (unpaired) electrons. The van der Waals surface area contributed by atoms with Gasteiger partial charge in [0.1, 0.15) is 5.69 Å². The van der Waals surface area contributed by atoms with E-state index in [0.29, 0.717) is 5.69 Å². The molecule has 1 amide bonds. The van der Waals surface area contributed by atoms with E-state index >= 15 is 0 Å². The third-order valence-corrected chi connectivity index (χ3v) is 4.94. The molecule has 0 fully saturated rings. The molecule has 0 aromatic carbocycles. The number of aromatic amines is 1. The van der Waals surface area contributed by atoms with Gasteiger partial charge >= 0.3 is 0 Å². The molecule has 0 unspecified atom stereocenters. The lowest BCUT2D eigenvalue weighted by molar-refractivity contribution is -0.117. The quantitative estimate of drug-likeness (QED) is 0.642. The molecule has 0 spiro atoms. The molecular weight excluding hydrogens is 352 g/mol. The zero-order valence-electron chi connectivity index (χ0n) is 17.3. The lowest BCUT2D eigenvalue weighted by Crippen LogP contribution is -2.28. The Morgan fingerprint density at radius 2 is 2.00 bits per heavy atom. The van der Waals surface area contributed by atoms with Crippen LogP contribution in [0.25, 0.3) is 6.08 Å². The molecule has 0 bridgehead atoms. The molecule has 1 aromatic heterocycles. The maximum atomic E-state index is 12.2. The van der Waals surface area contributed by atoms with Crippen molar-refractivity contribution in [2.45, 2.75) is 47.0 Å². The summed E-state index contributed by atoms with van der Waals surface area (Å²) in [5.74, 6) is -0.0245. The van der Waals surface area contributed by atoms with Crippen LogP contribution in [0.15, 0.2) is 52.7 Å². The van der Waals surface area contributed by atoms with Crippen molar-refractivity contribution in [1.82, 2.24) is 20.7 Å². The molecule has 0 saturated heterocycles. The number of H-pyrrole nitrogens is 1. The fraction of sp³-hybridized carbons (Fsp3) is 0.409. The van der Waals surface area contributed by atoms with E-state index in [1.165, 1.54) is 0 Å². The summed E-state index contributed by atoms with van der Waals surface area (Å²) in [4.78, 5) is 12.2. The molecule has 6 heteroatoms. The number of amides is 1. The van der Waals surface area contributed by atoms with Crippen molar-refractivity contribution in [1.29, 1.82) is 0 Å². The fourth-order valence-electron chi connectivity index (χ4n) is 3.31. The highest BCUT2D eigenvalue weighted by molar-refractivity contribution is 5.94. The van der Waals surface area contributed by atoms with Crippen LogP contribution >= 0.6 is 0 Å². The van der Waals surface area contributed by atoms with Gasteiger partial charge < -0.3 is 10.4 Å². The van der Waals surface area contributed by atoms with E-state index in [4.69, 9.17) is 0 Å². The van der Waals surface area contributed by atoms with Gasteiger partial charge in [-0.25, -0.2) is 5.10 Å². The number of aromatic nitrogens is 3. The largest absolute Gasteiger partial charge is 0.492 e. The number of nitrogens with zero attached hydrogens (tertiary/aromatic N) is 2. The van der Waals surface area contributed by atoms with Crippen molar-refractivity contribution in [3.63, 3.8) is 0 Å². The van der Waals surface area contributed by atoms with Crippen LogP contribution in [-0.4, -0.2) is 33.5 Å². The summed E-state index contributed by atoms with van der Waals surface area (Å²) >= 11 is 0. The molecule has 28 heavy (non-hydrogen) atoms. The lowest BCUT2D eigenvalue weighted by Gasteiger charge is -2.33. The van der Waals surface area contributed by atoms with E-state index in [9.17, 15) is 9.90 Å². The van der Waals surface area contributed by atoms with E-state index < -0.39 is 0 Å². The average molecular weight is 383 g/mol.